The van der Waals surface area contributed by atoms with Crippen molar-refractivity contribution in [2.24, 2.45) is 0 Å². The molecule has 0 radical (unpaired) electrons. The Kier molecular flexibility index (Phi) is 4.26. The van der Waals surface area contributed by atoms with Gasteiger partial charge in [-0.15, -0.1) is 0 Å². The Morgan fingerprint density at radius 3 is 2.84 bits per heavy atom. The van der Waals surface area contributed by atoms with Crippen LogP contribution in [0.5, 0.6) is 0 Å². The number of benzene rings is 1. The fourth-order valence-electron chi connectivity index (χ4n) is 3.61. The molecule has 6 nitrogen and oxygen atoms in total. The first kappa shape index (κ1) is 15.9. The maximum atomic E-state index is 12.5. The van der Waals surface area contributed by atoms with Crippen molar-refractivity contribution in [2.75, 3.05) is 6.54 Å². The Balaban J connectivity index is 1.35. The van der Waals surface area contributed by atoms with Crippen LogP contribution in [0.15, 0.2) is 36.7 Å². The summed E-state index contributed by atoms with van der Waals surface area (Å²) >= 11 is 0. The van der Waals surface area contributed by atoms with E-state index in [1.807, 2.05) is 41.6 Å². The Hall–Kier alpha value is -2.63. The number of carbonyl (C=O) groups is 2. The second-order valence-corrected chi connectivity index (χ2v) is 6.82. The number of likely N-dealkylation sites (tertiary alicyclic amines) is 1. The number of nitrogens with one attached hydrogen (secondary N) is 1. The van der Waals surface area contributed by atoms with Crippen molar-refractivity contribution in [3.8, 4) is 0 Å². The van der Waals surface area contributed by atoms with Crippen molar-refractivity contribution in [2.45, 2.75) is 44.8 Å². The highest BCUT2D eigenvalue weighted by Crippen LogP contribution is 2.16. The van der Waals surface area contributed by atoms with Gasteiger partial charge < -0.3 is 14.8 Å². The van der Waals surface area contributed by atoms with Crippen LogP contribution in [0.2, 0.25) is 0 Å². The molecule has 130 valence electrons. The summed E-state index contributed by atoms with van der Waals surface area (Å²) in [6, 6.07) is 7.70. The third-order valence-corrected chi connectivity index (χ3v) is 5.03. The highest BCUT2D eigenvalue weighted by molar-refractivity contribution is 5.94. The lowest BCUT2D eigenvalue weighted by Crippen LogP contribution is -2.40. The second-order valence-electron chi connectivity index (χ2n) is 6.82. The Morgan fingerprint density at radius 2 is 2.08 bits per heavy atom. The van der Waals surface area contributed by atoms with Gasteiger partial charge in [0.05, 0.1) is 0 Å². The molecule has 1 aromatic carbocycles. The van der Waals surface area contributed by atoms with Crippen LogP contribution in [0.3, 0.4) is 0 Å². The number of amides is 2. The van der Waals surface area contributed by atoms with Crippen molar-refractivity contribution in [3.05, 3.63) is 53.6 Å². The van der Waals surface area contributed by atoms with E-state index in [0.29, 0.717) is 18.5 Å². The molecule has 1 N–H and O–H groups in total. The molecule has 4 rings (SSSR count). The molecule has 25 heavy (non-hydrogen) atoms. The van der Waals surface area contributed by atoms with E-state index in [1.54, 1.807) is 0 Å². The summed E-state index contributed by atoms with van der Waals surface area (Å²) in [5, 5.41) is 3.11. The summed E-state index contributed by atoms with van der Waals surface area (Å²) in [5.41, 5.74) is 1.72. The molecule has 0 unspecified atom stereocenters. The first-order valence-corrected chi connectivity index (χ1v) is 8.86. The van der Waals surface area contributed by atoms with Crippen molar-refractivity contribution < 1.29 is 9.59 Å². The summed E-state index contributed by atoms with van der Waals surface area (Å²) in [4.78, 5) is 30.4. The number of aryl methyl sites for hydroxylation is 1. The molecule has 1 saturated heterocycles. The number of imidazole rings is 1. The summed E-state index contributed by atoms with van der Waals surface area (Å²) < 4.78 is 2.10. The molecular formula is C19H22N4O2. The van der Waals surface area contributed by atoms with Gasteiger partial charge in [-0.3, -0.25) is 9.59 Å². The minimum absolute atomic E-state index is 0.0441. The standard InChI is InChI=1S/C19H22N4O2/c24-18-2-1-10-23(18)12-14-3-5-15(6-4-14)19(25)21-16-7-8-17-20-9-11-22(17)13-16/h3-6,9,11,16H,1-2,7-8,10,12-13H2,(H,21,25)/t16-/m1/s1. The lowest BCUT2D eigenvalue weighted by molar-refractivity contribution is -0.128. The first-order valence-electron chi connectivity index (χ1n) is 8.86. The lowest BCUT2D eigenvalue weighted by atomic mass is 10.1. The summed E-state index contributed by atoms with van der Waals surface area (Å²) in [7, 11) is 0. The van der Waals surface area contributed by atoms with Gasteiger partial charge in [0.25, 0.3) is 5.91 Å². The van der Waals surface area contributed by atoms with Gasteiger partial charge >= 0.3 is 0 Å². The number of carbonyl (C=O) groups excluding carboxylic acids is 2. The molecule has 2 aliphatic heterocycles. The zero-order valence-corrected chi connectivity index (χ0v) is 14.1. The van der Waals surface area contributed by atoms with Crippen LogP contribution >= 0.6 is 0 Å². The number of fused-ring (bicyclic) bond motifs is 1. The molecule has 3 heterocycles. The summed E-state index contributed by atoms with van der Waals surface area (Å²) in [6.45, 7) is 2.24. The van der Waals surface area contributed by atoms with Gasteiger partial charge in [-0.2, -0.15) is 0 Å². The maximum Gasteiger partial charge on any atom is 0.251 e. The number of hydrogen-bond acceptors (Lipinski definition) is 3. The van der Waals surface area contributed by atoms with E-state index in [2.05, 4.69) is 14.9 Å². The molecule has 1 aromatic heterocycles. The number of hydrogen-bond donors (Lipinski definition) is 1. The monoisotopic (exact) mass is 338 g/mol. The van der Waals surface area contributed by atoms with Crippen molar-refractivity contribution in [3.63, 3.8) is 0 Å². The van der Waals surface area contributed by atoms with E-state index in [1.165, 1.54) is 0 Å². The minimum atomic E-state index is -0.0441. The first-order chi connectivity index (χ1) is 12.2. The molecule has 6 heteroatoms. The van der Waals surface area contributed by atoms with Gasteiger partial charge in [-0.1, -0.05) is 12.1 Å². The van der Waals surface area contributed by atoms with Crippen LogP contribution in [-0.2, 0) is 24.3 Å². The Labute approximate surface area is 146 Å². The minimum Gasteiger partial charge on any atom is -0.347 e. The van der Waals surface area contributed by atoms with Crippen LogP contribution in [0.1, 0.15) is 41.0 Å². The highest BCUT2D eigenvalue weighted by Gasteiger charge is 2.22. The molecule has 2 aromatic rings. The Bertz CT molecular complexity index is 781. The van der Waals surface area contributed by atoms with Crippen LogP contribution < -0.4 is 5.32 Å². The van der Waals surface area contributed by atoms with Gasteiger partial charge in [0.1, 0.15) is 5.82 Å². The predicted octanol–water partition coefficient (Wildman–Crippen LogP) is 1.75. The van der Waals surface area contributed by atoms with E-state index in [-0.39, 0.29) is 17.9 Å². The van der Waals surface area contributed by atoms with Gasteiger partial charge in [-0.05, 0) is 30.5 Å². The highest BCUT2D eigenvalue weighted by atomic mass is 16.2. The number of rotatable bonds is 4. The number of aromatic nitrogens is 2. The SMILES string of the molecule is O=C(N[C@@H]1CCc2nccn2C1)c1ccc(CN2CCCC2=O)cc1. The summed E-state index contributed by atoms with van der Waals surface area (Å²) in [5.74, 6) is 1.27. The molecule has 0 bridgehead atoms. The third-order valence-electron chi connectivity index (χ3n) is 5.03. The van der Waals surface area contributed by atoms with Crippen molar-refractivity contribution in [1.29, 1.82) is 0 Å². The van der Waals surface area contributed by atoms with E-state index in [0.717, 1.165) is 43.7 Å². The van der Waals surface area contributed by atoms with Crippen molar-refractivity contribution in [1.82, 2.24) is 19.8 Å². The zero-order chi connectivity index (χ0) is 17.2. The fourth-order valence-corrected chi connectivity index (χ4v) is 3.61. The quantitative estimate of drug-likeness (QED) is 0.923. The Morgan fingerprint density at radius 1 is 1.24 bits per heavy atom. The lowest BCUT2D eigenvalue weighted by Gasteiger charge is -2.24. The molecule has 0 spiro atoms. The van der Waals surface area contributed by atoms with E-state index < -0.39 is 0 Å². The van der Waals surface area contributed by atoms with E-state index in [4.69, 9.17) is 0 Å². The van der Waals surface area contributed by atoms with Crippen LogP contribution in [0, 0.1) is 0 Å². The largest absolute Gasteiger partial charge is 0.347 e. The van der Waals surface area contributed by atoms with Crippen LogP contribution in [0.4, 0.5) is 0 Å². The van der Waals surface area contributed by atoms with Crippen LogP contribution in [0.25, 0.3) is 0 Å². The molecule has 2 amide bonds. The topological polar surface area (TPSA) is 67.2 Å². The summed E-state index contributed by atoms with van der Waals surface area (Å²) in [6.07, 6.45) is 7.17. The van der Waals surface area contributed by atoms with E-state index >= 15 is 0 Å². The predicted molar refractivity (Wildman–Crippen MR) is 92.9 cm³/mol. The van der Waals surface area contributed by atoms with Gasteiger partial charge in [0.2, 0.25) is 5.91 Å². The average molecular weight is 338 g/mol. The van der Waals surface area contributed by atoms with Crippen molar-refractivity contribution >= 4 is 11.8 Å². The van der Waals surface area contributed by atoms with Gasteiger partial charge in [-0.25, -0.2) is 4.98 Å². The molecule has 0 saturated carbocycles. The molecule has 1 atom stereocenters. The second kappa shape index (κ2) is 6.70. The normalized spacial score (nSPS) is 19.8. The van der Waals surface area contributed by atoms with Gasteiger partial charge in [0, 0.05) is 56.5 Å². The molecule has 1 fully saturated rings. The smallest absolute Gasteiger partial charge is 0.251 e. The molecule has 0 aliphatic carbocycles. The number of nitrogens with zero attached hydrogens (tertiary/aromatic N) is 3. The fraction of sp³-hybridized carbons (Fsp3) is 0.421. The van der Waals surface area contributed by atoms with Crippen LogP contribution in [-0.4, -0.2) is 38.9 Å². The average Bonchev–Trinajstić information content (AvgIpc) is 3.24. The molecule has 2 aliphatic rings. The van der Waals surface area contributed by atoms with Gasteiger partial charge in [0.15, 0.2) is 0 Å². The molecular weight excluding hydrogens is 316 g/mol. The maximum absolute atomic E-state index is 12.5. The zero-order valence-electron chi connectivity index (χ0n) is 14.1. The third kappa shape index (κ3) is 3.43. The van der Waals surface area contributed by atoms with E-state index in [9.17, 15) is 9.59 Å².